The Morgan fingerprint density at radius 2 is 1.69 bits per heavy atom. The summed E-state index contributed by atoms with van der Waals surface area (Å²) in [4.78, 5) is 12.6. The van der Waals surface area contributed by atoms with Crippen molar-refractivity contribution in [1.29, 1.82) is 0 Å². The number of nitrogens with zero attached hydrogens (tertiary/aromatic N) is 2. The highest BCUT2D eigenvalue weighted by Gasteiger charge is 2.30. The average molecular weight is 508 g/mol. The van der Waals surface area contributed by atoms with Crippen LogP contribution in [0.5, 0.6) is 0 Å². The number of aromatic nitrogens is 2. The molecule has 0 saturated heterocycles. The number of aryl methyl sites for hydroxylation is 2. The molecule has 4 rings (SSSR count). The number of rotatable bonds is 8. The molecule has 8 nitrogen and oxygen atoms in total. The quantitative estimate of drug-likeness (QED) is 0.318. The van der Waals surface area contributed by atoms with Crippen LogP contribution in [0.15, 0.2) is 82.6 Å². The third-order valence-electron chi connectivity index (χ3n) is 5.62. The van der Waals surface area contributed by atoms with E-state index in [0.29, 0.717) is 11.4 Å². The minimum Gasteiger partial charge on any atom is -0.383 e. The number of nitrogens with two attached hydrogens (primary N) is 1. The zero-order valence-corrected chi connectivity index (χ0v) is 20.6. The largest absolute Gasteiger partial charge is 0.383 e. The van der Waals surface area contributed by atoms with Gasteiger partial charge in [0.2, 0.25) is 15.7 Å². The molecule has 0 atom stereocenters. The van der Waals surface area contributed by atoms with Crippen molar-refractivity contribution in [3.8, 4) is 0 Å². The van der Waals surface area contributed by atoms with Crippen molar-refractivity contribution in [2.45, 2.75) is 36.6 Å². The van der Waals surface area contributed by atoms with Crippen LogP contribution in [0.1, 0.15) is 18.1 Å². The fourth-order valence-electron chi connectivity index (χ4n) is 3.71. The molecule has 1 heterocycles. The number of halogens is 1. The van der Waals surface area contributed by atoms with Crippen LogP contribution in [0.3, 0.4) is 0 Å². The maximum atomic E-state index is 13.6. The zero-order valence-electron chi connectivity index (χ0n) is 19.8. The van der Waals surface area contributed by atoms with E-state index in [2.05, 4.69) is 15.7 Å². The molecule has 0 aliphatic carbocycles. The lowest BCUT2D eigenvalue weighted by molar-refractivity contribution is -0.116. The standard InChI is InChI=1S/C26H26FN5O3S/c1-3-18-6-4-5-7-22(18)30-23(33)16-32-25(28)24(36(34,35)21-14-8-17(2)9-15-21)26(31-32)29-20-12-10-19(27)11-13-20/h4-15H,3,16,28H2,1-2H3,(H,29,31)(H,30,33). The van der Waals surface area contributed by atoms with Crippen LogP contribution in [-0.2, 0) is 27.6 Å². The molecule has 1 aromatic heterocycles. The number of hydrogen-bond acceptors (Lipinski definition) is 6. The van der Waals surface area contributed by atoms with Gasteiger partial charge in [-0.15, -0.1) is 0 Å². The summed E-state index contributed by atoms with van der Waals surface area (Å²) in [5.74, 6) is -1.12. The van der Waals surface area contributed by atoms with E-state index in [1.807, 2.05) is 32.0 Å². The van der Waals surface area contributed by atoms with Gasteiger partial charge >= 0.3 is 0 Å². The van der Waals surface area contributed by atoms with Crippen molar-refractivity contribution in [1.82, 2.24) is 9.78 Å². The first kappa shape index (κ1) is 24.9. The molecule has 36 heavy (non-hydrogen) atoms. The van der Waals surface area contributed by atoms with E-state index in [1.165, 1.54) is 36.4 Å². The summed E-state index contributed by atoms with van der Waals surface area (Å²) in [6.07, 6.45) is 0.727. The van der Waals surface area contributed by atoms with Crippen molar-refractivity contribution >= 4 is 38.8 Å². The summed E-state index contributed by atoms with van der Waals surface area (Å²) in [6, 6.07) is 19.1. The van der Waals surface area contributed by atoms with Gasteiger partial charge in [-0.3, -0.25) is 4.79 Å². The van der Waals surface area contributed by atoms with Crippen LogP contribution >= 0.6 is 0 Å². The van der Waals surface area contributed by atoms with Gasteiger partial charge in [0.1, 0.15) is 18.2 Å². The third kappa shape index (κ3) is 5.23. The molecular weight excluding hydrogens is 481 g/mol. The Bertz CT molecular complexity index is 1500. The molecule has 0 aliphatic rings. The lowest BCUT2D eigenvalue weighted by Gasteiger charge is -2.10. The Morgan fingerprint density at radius 3 is 2.36 bits per heavy atom. The molecule has 3 aromatic carbocycles. The van der Waals surface area contributed by atoms with E-state index >= 15 is 0 Å². The lowest BCUT2D eigenvalue weighted by atomic mass is 10.1. The van der Waals surface area contributed by atoms with Crippen LogP contribution < -0.4 is 16.4 Å². The fraction of sp³-hybridized carbons (Fsp3) is 0.154. The molecule has 0 unspecified atom stereocenters. The second kappa shape index (κ2) is 10.2. The Morgan fingerprint density at radius 1 is 1.03 bits per heavy atom. The Kier molecular flexibility index (Phi) is 7.07. The van der Waals surface area contributed by atoms with Gasteiger partial charge < -0.3 is 16.4 Å². The number of nitrogen functional groups attached to an aromatic ring is 1. The van der Waals surface area contributed by atoms with Gasteiger partial charge in [-0.25, -0.2) is 17.5 Å². The molecule has 4 aromatic rings. The summed E-state index contributed by atoms with van der Waals surface area (Å²) in [6.45, 7) is 3.51. The Balaban J connectivity index is 1.72. The third-order valence-corrected chi connectivity index (χ3v) is 7.45. The number of benzene rings is 3. The fourth-order valence-corrected chi connectivity index (χ4v) is 5.16. The Labute approximate surface area is 208 Å². The van der Waals surface area contributed by atoms with Gasteiger partial charge in [-0.05, 0) is 61.4 Å². The van der Waals surface area contributed by atoms with Crippen molar-refractivity contribution in [2.24, 2.45) is 0 Å². The van der Waals surface area contributed by atoms with E-state index in [-0.39, 0.29) is 28.0 Å². The van der Waals surface area contributed by atoms with Crippen LogP contribution in [0.4, 0.5) is 27.4 Å². The molecule has 0 bridgehead atoms. The van der Waals surface area contributed by atoms with E-state index in [4.69, 9.17) is 5.73 Å². The molecule has 0 fully saturated rings. The zero-order chi connectivity index (χ0) is 25.9. The number of carbonyl (C=O) groups is 1. The van der Waals surface area contributed by atoms with Gasteiger partial charge in [0, 0.05) is 11.4 Å². The molecule has 0 radical (unpaired) electrons. The number of nitrogens with one attached hydrogen (secondary N) is 2. The SMILES string of the molecule is CCc1ccccc1NC(=O)Cn1nc(Nc2ccc(F)cc2)c(S(=O)(=O)c2ccc(C)cc2)c1N. The van der Waals surface area contributed by atoms with Gasteiger partial charge in [0.05, 0.1) is 4.90 Å². The van der Waals surface area contributed by atoms with Crippen LogP contribution in [0.2, 0.25) is 0 Å². The van der Waals surface area contributed by atoms with E-state index < -0.39 is 21.6 Å². The highest BCUT2D eigenvalue weighted by atomic mass is 32.2. The van der Waals surface area contributed by atoms with Crippen molar-refractivity contribution in [3.05, 3.63) is 89.7 Å². The first-order valence-corrected chi connectivity index (χ1v) is 12.8. The van der Waals surface area contributed by atoms with Gasteiger partial charge in [-0.1, -0.05) is 42.8 Å². The van der Waals surface area contributed by atoms with Crippen LogP contribution in [0.25, 0.3) is 0 Å². The highest BCUT2D eigenvalue weighted by Crippen LogP contribution is 2.34. The van der Waals surface area contributed by atoms with Crippen LogP contribution in [-0.4, -0.2) is 24.1 Å². The van der Waals surface area contributed by atoms with Crippen molar-refractivity contribution < 1.29 is 17.6 Å². The molecule has 1 amide bonds. The minimum absolute atomic E-state index is 0.0304. The van der Waals surface area contributed by atoms with Crippen molar-refractivity contribution in [2.75, 3.05) is 16.4 Å². The molecular formula is C26H26FN5O3S. The lowest BCUT2D eigenvalue weighted by Crippen LogP contribution is -2.21. The minimum atomic E-state index is -4.11. The van der Waals surface area contributed by atoms with E-state index in [1.54, 1.807) is 18.2 Å². The predicted molar refractivity (Wildman–Crippen MR) is 137 cm³/mol. The van der Waals surface area contributed by atoms with Gasteiger partial charge in [0.25, 0.3) is 0 Å². The van der Waals surface area contributed by atoms with Gasteiger partial charge in [0.15, 0.2) is 10.7 Å². The number of amides is 1. The molecule has 0 aliphatic heterocycles. The summed E-state index contributed by atoms with van der Waals surface area (Å²) >= 11 is 0. The average Bonchev–Trinajstić information content (AvgIpc) is 3.16. The van der Waals surface area contributed by atoms with Gasteiger partial charge in [-0.2, -0.15) is 5.10 Å². The second-order valence-electron chi connectivity index (χ2n) is 8.23. The number of para-hydroxylation sites is 1. The maximum absolute atomic E-state index is 13.6. The number of carbonyl (C=O) groups excluding carboxylic acids is 1. The monoisotopic (exact) mass is 507 g/mol. The first-order valence-electron chi connectivity index (χ1n) is 11.3. The molecule has 10 heteroatoms. The van der Waals surface area contributed by atoms with Crippen molar-refractivity contribution in [3.63, 3.8) is 0 Å². The molecule has 186 valence electrons. The highest BCUT2D eigenvalue weighted by molar-refractivity contribution is 7.91. The number of sulfone groups is 1. The first-order chi connectivity index (χ1) is 17.2. The van der Waals surface area contributed by atoms with E-state index in [9.17, 15) is 17.6 Å². The maximum Gasteiger partial charge on any atom is 0.246 e. The molecule has 4 N–H and O–H groups in total. The molecule has 0 spiro atoms. The summed E-state index contributed by atoms with van der Waals surface area (Å²) < 4.78 is 41.7. The summed E-state index contributed by atoms with van der Waals surface area (Å²) in [7, 11) is -4.11. The predicted octanol–water partition coefficient (Wildman–Crippen LogP) is 4.69. The van der Waals surface area contributed by atoms with Crippen LogP contribution in [0, 0.1) is 12.7 Å². The summed E-state index contributed by atoms with van der Waals surface area (Å²) in [5, 5.41) is 10.0. The van der Waals surface area contributed by atoms with E-state index in [0.717, 1.165) is 22.2 Å². The number of anilines is 4. The smallest absolute Gasteiger partial charge is 0.246 e. The second-order valence-corrected chi connectivity index (χ2v) is 10.1. The summed E-state index contributed by atoms with van der Waals surface area (Å²) in [5.41, 5.74) is 9.19. The number of hydrogen-bond donors (Lipinski definition) is 3. The Hall–Kier alpha value is -4.18. The topological polar surface area (TPSA) is 119 Å². The molecule has 0 saturated carbocycles. The normalized spacial score (nSPS) is 11.3.